The van der Waals surface area contributed by atoms with E-state index < -0.39 is 28.3 Å². The van der Waals surface area contributed by atoms with Gasteiger partial charge in [0.1, 0.15) is 0 Å². The molecule has 2 aromatic rings. The van der Waals surface area contributed by atoms with Crippen molar-refractivity contribution in [3.8, 4) is 11.5 Å². The largest absolute Gasteiger partial charge is 0.454 e. The number of benzene rings is 2. The monoisotopic (exact) mass is 405 g/mol. The van der Waals surface area contributed by atoms with Crippen molar-refractivity contribution in [3.63, 3.8) is 0 Å². The van der Waals surface area contributed by atoms with E-state index >= 15 is 0 Å². The maximum Gasteiger partial charge on any atom is 0.338 e. The summed E-state index contributed by atoms with van der Waals surface area (Å²) in [5, 5.41) is 2.73. The van der Waals surface area contributed by atoms with Gasteiger partial charge in [-0.15, -0.1) is 0 Å². The Morgan fingerprint density at radius 1 is 1.11 bits per heavy atom. The Morgan fingerprint density at radius 2 is 1.79 bits per heavy atom. The van der Waals surface area contributed by atoms with Crippen LogP contribution in [0, 0.1) is 0 Å². The van der Waals surface area contributed by atoms with E-state index in [1.807, 2.05) is 6.07 Å². The Balaban J connectivity index is 1.53. The topological polar surface area (TPSA) is 108 Å². The second kappa shape index (κ2) is 7.89. The number of hydrogen-bond acceptors (Lipinski definition) is 7. The fraction of sp³-hybridized carbons (Fsp3) is 0.263. The fourth-order valence-electron chi connectivity index (χ4n) is 2.60. The maximum absolute atomic E-state index is 12.1. The van der Waals surface area contributed by atoms with Crippen LogP contribution in [0.4, 0.5) is 0 Å². The van der Waals surface area contributed by atoms with E-state index in [-0.39, 0.29) is 23.3 Å². The van der Waals surface area contributed by atoms with Gasteiger partial charge in [-0.2, -0.15) is 0 Å². The van der Waals surface area contributed by atoms with Crippen LogP contribution in [0.3, 0.4) is 0 Å². The average Bonchev–Trinajstić information content (AvgIpc) is 3.13. The molecule has 9 heteroatoms. The summed E-state index contributed by atoms with van der Waals surface area (Å²) in [5.41, 5.74) is 0.976. The highest BCUT2D eigenvalue weighted by atomic mass is 32.2. The van der Waals surface area contributed by atoms with Crippen LogP contribution in [-0.2, 0) is 19.4 Å². The molecule has 0 bridgehead atoms. The van der Waals surface area contributed by atoms with Crippen LogP contribution in [0.15, 0.2) is 47.4 Å². The first-order chi connectivity index (χ1) is 13.2. The molecule has 3 rings (SSSR count). The summed E-state index contributed by atoms with van der Waals surface area (Å²) in [5.74, 6) is 0.0814. The lowest BCUT2D eigenvalue weighted by Crippen LogP contribution is -2.31. The van der Waals surface area contributed by atoms with Crippen LogP contribution in [-0.4, -0.2) is 39.9 Å². The van der Waals surface area contributed by atoms with Gasteiger partial charge in [0.2, 0.25) is 6.79 Å². The average molecular weight is 405 g/mol. The molecule has 148 valence electrons. The zero-order chi connectivity index (χ0) is 20.3. The number of rotatable bonds is 6. The molecular formula is C19H19NO7S. The molecule has 0 aromatic heterocycles. The molecule has 1 aliphatic heterocycles. The second-order valence-corrected chi connectivity index (χ2v) is 8.29. The van der Waals surface area contributed by atoms with Gasteiger partial charge in [-0.1, -0.05) is 6.07 Å². The normalized spacial score (nSPS) is 13.6. The number of fused-ring (bicyclic) bond motifs is 1. The SMILES string of the molecule is C[C@H](NC(=O)COC(=O)c1ccc(S(C)(=O)=O)cc1)c1ccc2c(c1)OCO2. The molecule has 0 saturated carbocycles. The van der Waals surface area contributed by atoms with Gasteiger partial charge in [0.05, 0.1) is 16.5 Å². The summed E-state index contributed by atoms with van der Waals surface area (Å²) in [6, 6.07) is 10.3. The summed E-state index contributed by atoms with van der Waals surface area (Å²) in [7, 11) is -3.35. The molecule has 0 saturated heterocycles. The lowest BCUT2D eigenvalue weighted by molar-refractivity contribution is -0.124. The van der Waals surface area contributed by atoms with Crippen LogP contribution in [0.5, 0.6) is 11.5 Å². The quantitative estimate of drug-likeness (QED) is 0.731. The minimum atomic E-state index is -3.35. The van der Waals surface area contributed by atoms with E-state index in [2.05, 4.69) is 5.32 Å². The zero-order valence-electron chi connectivity index (χ0n) is 15.3. The highest BCUT2D eigenvalue weighted by Gasteiger charge is 2.18. The molecular weight excluding hydrogens is 386 g/mol. The van der Waals surface area contributed by atoms with Crippen LogP contribution < -0.4 is 14.8 Å². The van der Waals surface area contributed by atoms with E-state index in [1.165, 1.54) is 24.3 Å². The standard InChI is InChI=1S/C19H19NO7S/c1-12(14-5-8-16-17(9-14)27-11-26-16)20-18(21)10-25-19(22)13-3-6-15(7-4-13)28(2,23)24/h3-9,12H,10-11H2,1-2H3,(H,20,21)/t12-/m0/s1. The Morgan fingerprint density at radius 3 is 2.46 bits per heavy atom. The molecule has 1 atom stereocenters. The minimum absolute atomic E-state index is 0.0966. The van der Waals surface area contributed by atoms with Gasteiger partial charge in [0, 0.05) is 6.26 Å². The first kappa shape index (κ1) is 19.7. The number of ether oxygens (including phenoxy) is 3. The third-order valence-corrected chi connectivity index (χ3v) is 5.26. The Kier molecular flexibility index (Phi) is 5.55. The molecule has 0 aliphatic carbocycles. The van der Waals surface area contributed by atoms with E-state index in [4.69, 9.17) is 14.2 Å². The first-order valence-corrected chi connectivity index (χ1v) is 10.3. The van der Waals surface area contributed by atoms with Gasteiger partial charge < -0.3 is 19.5 Å². The predicted molar refractivity (Wildman–Crippen MR) is 99.0 cm³/mol. The molecule has 0 spiro atoms. The third-order valence-electron chi connectivity index (χ3n) is 4.13. The van der Waals surface area contributed by atoms with Crippen molar-refractivity contribution in [2.45, 2.75) is 17.9 Å². The predicted octanol–water partition coefficient (Wildman–Crippen LogP) is 1.85. The second-order valence-electron chi connectivity index (χ2n) is 6.27. The van der Waals surface area contributed by atoms with Gasteiger partial charge in [0.15, 0.2) is 27.9 Å². The van der Waals surface area contributed by atoms with Gasteiger partial charge in [-0.25, -0.2) is 13.2 Å². The molecule has 1 amide bonds. The number of carbonyl (C=O) groups excluding carboxylic acids is 2. The number of amides is 1. The molecule has 2 aromatic carbocycles. The van der Waals surface area contributed by atoms with Crippen LogP contribution >= 0.6 is 0 Å². The Bertz CT molecular complexity index is 999. The Labute approximate surface area is 162 Å². The maximum atomic E-state index is 12.1. The molecule has 0 fully saturated rings. The first-order valence-electron chi connectivity index (χ1n) is 8.40. The molecule has 1 heterocycles. The number of sulfone groups is 1. The molecule has 28 heavy (non-hydrogen) atoms. The smallest absolute Gasteiger partial charge is 0.338 e. The van der Waals surface area contributed by atoms with Crippen molar-refractivity contribution in [1.29, 1.82) is 0 Å². The lowest BCUT2D eigenvalue weighted by Gasteiger charge is -2.15. The van der Waals surface area contributed by atoms with Crippen LogP contribution in [0.2, 0.25) is 0 Å². The minimum Gasteiger partial charge on any atom is -0.454 e. The van der Waals surface area contributed by atoms with E-state index in [9.17, 15) is 18.0 Å². The molecule has 8 nitrogen and oxygen atoms in total. The summed E-state index contributed by atoms with van der Waals surface area (Å²) >= 11 is 0. The van der Waals surface area contributed by atoms with E-state index in [0.29, 0.717) is 11.5 Å². The number of esters is 1. The lowest BCUT2D eigenvalue weighted by atomic mass is 10.1. The van der Waals surface area contributed by atoms with Crippen LogP contribution in [0.25, 0.3) is 0 Å². The zero-order valence-corrected chi connectivity index (χ0v) is 16.1. The van der Waals surface area contributed by atoms with Gasteiger partial charge in [-0.3, -0.25) is 4.79 Å². The van der Waals surface area contributed by atoms with Crippen molar-refractivity contribution in [3.05, 3.63) is 53.6 Å². The third kappa shape index (κ3) is 4.61. The number of hydrogen-bond donors (Lipinski definition) is 1. The summed E-state index contributed by atoms with van der Waals surface area (Å²) < 4.78 is 38.4. The number of nitrogens with one attached hydrogen (secondary N) is 1. The highest BCUT2D eigenvalue weighted by molar-refractivity contribution is 7.90. The molecule has 1 N–H and O–H groups in total. The van der Waals surface area contributed by atoms with E-state index in [0.717, 1.165) is 11.8 Å². The van der Waals surface area contributed by atoms with Crippen molar-refractivity contribution in [1.82, 2.24) is 5.32 Å². The fourth-order valence-corrected chi connectivity index (χ4v) is 3.23. The number of carbonyl (C=O) groups is 2. The van der Waals surface area contributed by atoms with Gasteiger partial charge in [0.25, 0.3) is 5.91 Å². The van der Waals surface area contributed by atoms with Gasteiger partial charge >= 0.3 is 5.97 Å². The van der Waals surface area contributed by atoms with Gasteiger partial charge in [-0.05, 0) is 48.9 Å². The molecule has 0 radical (unpaired) electrons. The van der Waals surface area contributed by atoms with Crippen molar-refractivity contribution in [2.24, 2.45) is 0 Å². The van der Waals surface area contributed by atoms with E-state index in [1.54, 1.807) is 19.1 Å². The van der Waals surface area contributed by atoms with Crippen molar-refractivity contribution < 1.29 is 32.2 Å². The summed E-state index contributed by atoms with van der Waals surface area (Å²) in [6.07, 6.45) is 1.08. The van der Waals surface area contributed by atoms with Crippen LogP contribution in [0.1, 0.15) is 28.9 Å². The summed E-state index contributed by atoms with van der Waals surface area (Å²) in [4.78, 5) is 24.2. The molecule has 1 aliphatic rings. The van der Waals surface area contributed by atoms with Crippen molar-refractivity contribution >= 4 is 21.7 Å². The Hall–Kier alpha value is -3.07. The highest BCUT2D eigenvalue weighted by Crippen LogP contribution is 2.34. The molecule has 0 unspecified atom stereocenters. The van der Waals surface area contributed by atoms with Crippen molar-refractivity contribution in [2.75, 3.05) is 19.7 Å². The summed E-state index contributed by atoms with van der Waals surface area (Å²) in [6.45, 7) is 1.50.